The molecular weight excluding hydrogens is 406 g/mol. The van der Waals surface area contributed by atoms with Crippen molar-refractivity contribution >= 4 is 18.0 Å². The Balaban J connectivity index is 1.58. The lowest BCUT2D eigenvalue weighted by atomic mass is 9.68. The van der Waals surface area contributed by atoms with Crippen LogP contribution in [0.4, 0.5) is 0 Å². The molecule has 5 nitrogen and oxygen atoms in total. The van der Waals surface area contributed by atoms with Crippen molar-refractivity contribution < 1.29 is 0 Å². The Morgan fingerprint density at radius 2 is 1.88 bits per heavy atom. The van der Waals surface area contributed by atoms with Crippen LogP contribution in [0.5, 0.6) is 0 Å². The van der Waals surface area contributed by atoms with E-state index in [1.165, 1.54) is 0 Å². The summed E-state index contributed by atoms with van der Waals surface area (Å²) in [6, 6.07) is 6.60. The zero-order valence-corrected chi connectivity index (χ0v) is 20.8. The molecule has 3 atom stereocenters. The van der Waals surface area contributed by atoms with Gasteiger partial charge in [0.05, 0.1) is 22.1 Å². The van der Waals surface area contributed by atoms with E-state index < -0.39 is 0 Å². The number of aromatic nitrogens is 2. The van der Waals surface area contributed by atoms with Crippen LogP contribution in [0.3, 0.4) is 0 Å². The van der Waals surface area contributed by atoms with Crippen molar-refractivity contribution in [1.82, 2.24) is 20.7 Å². The van der Waals surface area contributed by atoms with E-state index in [0.29, 0.717) is 23.8 Å². The third kappa shape index (κ3) is 5.25. The summed E-state index contributed by atoms with van der Waals surface area (Å²) in [6.07, 6.45) is 10.2. The lowest BCUT2D eigenvalue weighted by Gasteiger charge is -2.48. The van der Waals surface area contributed by atoms with E-state index >= 15 is 0 Å². The smallest absolute Gasteiger partial charge is 0.0909 e. The van der Waals surface area contributed by atoms with Crippen LogP contribution in [0.15, 0.2) is 47.8 Å². The summed E-state index contributed by atoms with van der Waals surface area (Å²) in [4.78, 5) is 9.03. The van der Waals surface area contributed by atoms with Gasteiger partial charge in [-0.2, -0.15) is 5.10 Å². The highest BCUT2D eigenvalue weighted by Crippen LogP contribution is 2.38. The molecule has 2 aliphatic heterocycles. The van der Waals surface area contributed by atoms with Crippen LogP contribution < -0.4 is 21.4 Å². The quantitative estimate of drug-likeness (QED) is 0.762. The van der Waals surface area contributed by atoms with Gasteiger partial charge in [-0.3, -0.25) is 15.4 Å². The van der Waals surface area contributed by atoms with Crippen molar-refractivity contribution in [2.75, 3.05) is 0 Å². The number of piperidine rings is 1. The van der Waals surface area contributed by atoms with Crippen molar-refractivity contribution in [1.29, 1.82) is 0 Å². The topological polar surface area (TPSA) is 62.2 Å². The number of hydrogen-bond acceptors (Lipinski definition) is 5. The van der Waals surface area contributed by atoms with E-state index in [9.17, 15) is 0 Å². The molecule has 1 saturated heterocycles. The predicted octanol–water partition coefficient (Wildman–Crippen LogP) is 3.54. The molecule has 2 aromatic rings. The molecule has 4 heterocycles. The number of hydrazone groups is 1. The molecule has 0 aliphatic carbocycles. The number of nitrogens with zero attached hydrogens (tertiary/aromatic N) is 3. The van der Waals surface area contributed by atoms with E-state index in [-0.39, 0.29) is 5.54 Å². The second-order valence-electron chi connectivity index (χ2n) is 10.7. The number of hydrogen-bond donors (Lipinski definition) is 2. The van der Waals surface area contributed by atoms with E-state index in [0.717, 1.165) is 50.9 Å². The molecule has 0 amide bonds. The Kier molecular flexibility index (Phi) is 6.53. The highest BCUT2D eigenvalue weighted by atomic mass is 15.3. The van der Waals surface area contributed by atoms with E-state index in [2.05, 4.69) is 82.1 Å². The molecule has 1 fully saturated rings. The van der Waals surface area contributed by atoms with Gasteiger partial charge in [0, 0.05) is 34.4 Å². The first-order valence-electron chi connectivity index (χ1n) is 12.0. The summed E-state index contributed by atoms with van der Waals surface area (Å²) in [5.41, 5.74) is 6.60. The molecule has 2 aliphatic rings. The predicted molar refractivity (Wildman–Crippen MR) is 137 cm³/mol. The normalized spacial score (nSPS) is 27.2. The summed E-state index contributed by atoms with van der Waals surface area (Å²) in [6.45, 7) is 17.6. The Hall–Kier alpha value is -2.79. The molecule has 33 heavy (non-hydrogen) atoms. The van der Waals surface area contributed by atoms with Gasteiger partial charge in [-0.1, -0.05) is 26.5 Å². The number of allylic oxidation sites excluding steroid dienone is 1. The summed E-state index contributed by atoms with van der Waals surface area (Å²) >= 11 is 0. The summed E-state index contributed by atoms with van der Waals surface area (Å²) in [7, 11) is 0. The third-order valence-corrected chi connectivity index (χ3v) is 7.01. The number of pyridine rings is 2. The second-order valence-corrected chi connectivity index (χ2v) is 10.7. The minimum Gasteiger partial charge on any atom is -0.309 e. The van der Waals surface area contributed by atoms with E-state index in [1.54, 1.807) is 0 Å². The molecule has 174 valence electrons. The zero-order valence-electron chi connectivity index (χ0n) is 20.8. The van der Waals surface area contributed by atoms with Gasteiger partial charge in [0.1, 0.15) is 0 Å². The molecule has 0 spiro atoms. The van der Waals surface area contributed by atoms with E-state index in [1.807, 2.05) is 24.5 Å². The van der Waals surface area contributed by atoms with E-state index in [4.69, 9.17) is 10.1 Å². The lowest BCUT2D eigenvalue weighted by Crippen LogP contribution is -2.57. The molecule has 5 heteroatoms. The standard InChI is InChI=1S/C28H37N5/c1-17(2)26-20(5)31-28(6,7)14-22(26)13-24-10-11-25(33-32-24)27-18(3)12-23(16-30-27)21-9-8-19(4)29-15-21/h8-12,15-17,20,22,26,31,33H,4,13-14H2,1-3,5-7H3/b23-21-,27-25+. The first-order chi connectivity index (χ1) is 15.6. The summed E-state index contributed by atoms with van der Waals surface area (Å²) in [5, 5.41) is 12.3. The monoisotopic (exact) mass is 443 g/mol. The van der Waals surface area contributed by atoms with Crippen LogP contribution >= 0.6 is 0 Å². The maximum Gasteiger partial charge on any atom is 0.0909 e. The van der Waals surface area contributed by atoms with Gasteiger partial charge in [-0.25, -0.2) is 0 Å². The van der Waals surface area contributed by atoms with Crippen LogP contribution in [-0.4, -0.2) is 27.3 Å². The van der Waals surface area contributed by atoms with Gasteiger partial charge in [-0.15, -0.1) is 0 Å². The molecule has 2 aromatic heterocycles. The third-order valence-electron chi connectivity index (χ3n) is 7.01. The Morgan fingerprint density at radius 3 is 2.48 bits per heavy atom. The average Bonchev–Trinajstić information content (AvgIpc) is 2.73. The van der Waals surface area contributed by atoms with Crippen LogP contribution in [0, 0.1) is 35.1 Å². The minimum absolute atomic E-state index is 0.158. The molecule has 4 rings (SSSR count). The van der Waals surface area contributed by atoms with Crippen LogP contribution in [-0.2, 0) is 0 Å². The number of nitrogens with one attached hydrogen (secondary N) is 2. The summed E-state index contributed by atoms with van der Waals surface area (Å²) < 4.78 is 0. The van der Waals surface area contributed by atoms with Crippen molar-refractivity contribution in [3.63, 3.8) is 0 Å². The fourth-order valence-corrected chi connectivity index (χ4v) is 5.81. The van der Waals surface area contributed by atoms with Crippen LogP contribution in [0.1, 0.15) is 53.0 Å². The van der Waals surface area contributed by atoms with Gasteiger partial charge in [0.2, 0.25) is 0 Å². The van der Waals surface area contributed by atoms with Crippen molar-refractivity contribution in [2.24, 2.45) is 22.9 Å². The molecular formula is C28H37N5. The van der Waals surface area contributed by atoms with Gasteiger partial charge in [0.15, 0.2) is 0 Å². The maximum atomic E-state index is 4.74. The Morgan fingerprint density at radius 1 is 1.12 bits per heavy atom. The molecule has 0 saturated carbocycles. The highest BCUT2D eigenvalue weighted by Gasteiger charge is 2.40. The maximum absolute atomic E-state index is 4.74. The van der Waals surface area contributed by atoms with Gasteiger partial charge in [-0.05, 0) is 88.1 Å². The SMILES string of the molecule is C=c1cc/c(=c2/cn/c(=C3\C=CC(CC4CC(C)(C)NC(C)C4C(C)C)=NN3)c(C)c2)cn1. The molecule has 0 aromatic carbocycles. The van der Waals surface area contributed by atoms with Crippen LogP contribution in [0.25, 0.3) is 12.3 Å². The highest BCUT2D eigenvalue weighted by molar-refractivity contribution is 5.97. The average molecular weight is 444 g/mol. The number of rotatable bonds is 3. The van der Waals surface area contributed by atoms with Crippen LogP contribution in [0.2, 0.25) is 0 Å². The molecule has 3 unspecified atom stereocenters. The van der Waals surface area contributed by atoms with Gasteiger partial charge < -0.3 is 5.32 Å². The molecule has 0 radical (unpaired) electrons. The van der Waals surface area contributed by atoms with Crippen molar-refractivity contribution in [3.8, 4) is 0 Å². The first-order valence-corrected chi connectivity index (χ1v) is 12.0. The fraction of sp³-hybridized carbons (Fsp3) is 0.464. The van der Waals surface area contributed by atoms with Crippen molar-refractivity contribution in [3.05, 3.63) is 69.4 Å². The van der Waals surface area contributed by atoms with Crippen molar-refractivity contribution in [2.45, 2.75) is 66.0 Å². The second kappa shape index (κ2) is 9.22. The lowest BCUT2D eigenvalue weighted by molar-refractivity contribution is 0.0854. The number of aryl methyl sites for hydroxylation is 1. The molecule has 0 bridgehead atoms. The molecule has 2 N–H and O–H groups in total. The minimum atomic E-state index is 0.158. The Bertz CT molecular complexity index is 1270. The Labute approximate surface area is 197 Å². The largest absolute Gasteiger partial charge is 0.309 e. The first kappa shape index (κ1) is 23.4. The summed E-state index contributed by atoms with van der Waals surface area (Å²) in [5.74, 6) is 1.89. The van der Waals surface area contributed by atoms with Gasteiger partial charge in [0.25, 0.3) is 0 Å². The zero-order chi connectivity index (χ0) is 23.8. The fourth-order valence-electron chi connectivity index (χ4n) is 5.81. The van der Waals surface area contributed by atoms with Gasteiger partial charge >= 0.3 is 0 Å².